The summed E-state index contributed by atoms with van der Waals surface area (Å²) in [5.41, 5.74) is 28.8. The third-order valence-electron chi connectivity index (χ3n) is 20.7. The van der Waals surface area contributed by atoms with Gasteiger partial charge in [-0.05, 0) is 207 Å². The maximum Gasteiger partial charge on any atom is 0.0548 e. The Balaban J connectivity index is 0.684. The molecule has 0 aliphatic rings. The maximum atomic E-state index is 2.49. The SMILES string of the molecule is c1ccc(-c2ccc(-n3c4ccccc4c4c5c6ccccc6n(-c6ccc(N(c7ccccc7)c7cccc(-c8cccc(-c9ccc%10c(c9)c9c%11c%12ccccc%12n(-c%12cc(-c%13ccccc%13)cc(-c%13ccccc%13)c%12)c%11ccc9n%10-c9ccccc9)c8)c7)cc6)c5ccc43)cc2)cc1. The van der Waals surface area contributed by atoms with Crippen LogP contribution in [0.1, 0.15) is 0 Å². The van der Waals surface area contributed by atoms with E-state index in [0.29, 0.717) is 0 Å². The number of nitrogens with zero attached hydrogens (tertiary/aromatic N) is 5. The highest BCUT2D eigenvalue weighted by atomic mass is 15.1. The summed E-state index contributed by atoms with van der Waals surface area (Å²) in [5.74, 6) is 0. The Morgan fingerprint density at radius 3 is 0.941 bits per heavy atom. The van der Waals surface area contributed by atoms with Crippen molar-refractivity contribution in [1.82, 2.24) is 18.3 Å². The quantitative estimate of drug-likeness (QED) is 0.120. The first-order chi connectivity index (χ1) is 50.1. The molecule has 0 saturated carbocycles. The summed E-state index contributed by atoms with van der Waals surface area (Å²) in [6.07, 6.45) is 0. The van der Waals surface area contributed by atoms with Crippen LogP contribution in [0, 0.1) is 0 Å². The van der Waals surface area contributed by atoms with E-state index < -0.39 is 0 Å². The molecule has 101 heavy (non-hydrogen) atoms. The molecule has 4 heterocycles. The van der Waals surface area contributed by atoms with Gasteiger partial charge in [0.2, 0.25) is 0 Å². The molecular weight excluding hydrogens is 1220 g/mol. The predicted octanol–water partition coefficient (Wildman–Crippen LogP) is 25.9. The molecule has 0 fully saturated rings. The van der Waals surface area contributed by atoms with E-state index in [1.54, 1.807) is 0 Å². The van der Waals surface area contributed by atoms with Crippen LogP contribution >= 0.6 is 0 Å². The zero-order valence-electron chi connectivity index (χ0n) is 55.1. The van der Waals surface area contributed by atoms with E-state index >= 15 is 0 Å². The summed E-state index contributed by atoms with van der Waals surface area (Å²) in [7, 11) is 0. The minimum Gasteiger partial charge on any atom is -0.310 e. The second-order valence-electron chi connectivity index (χ2n) is 26.4. The Hall–Kier alpha value is -13.5. The largest absolute Gasteiger partial charge is 0.310 e. The van der Waals surface area contributed by atoms with Crippen LogP contribution in [0.4, 0.5) is 17.1 Å². The van der Waals surface area contributed by atoms with E-state index in [2.05, 4.69) is 405 Å². The van der Waals surface area contributed by atoms with Gasteiger partial charge in [-0.1, -0.05) is 231 Å². The molecule has 0 bridgehead atoms. The minimum absolute atomic E-state index is 1.06. The van der Waals surface area contributed by atoms with Gasteiger partial charge in [-0.25, -0.2) is 0 Å². The van der Waals surface area contributed by atoms with Crippen molar-refractivity contribution in [3.8, 4) is 78.4 Å². The molecule has 0 radical (unpaired) electrons. The highest BCUT2D eigenvalue weighted by Gasteiger charge is 2.25. The van der Waals surface area contributed by atoms with Gasteiger partial charge in [0.05, 0.1) is 44.1 Å². The monoisotopic (exact) mass is 1290 g/mol. The fourth-order valence-electron chi connectivity index (χ4n) is 16.2. The van der Waals surface area contributed by atoms with Gasteiger partial charge in [-0.3, -0.25) is 0 Å². The van der Waals surface area contributed by atoms with Gasteiger partial charge in [0.1, 0.15) is 0 Å². The van der Waals surface area contributed by atoms with Crippen LogP contribution in [0.15, 0.2) is 382 Å². The molecule has 0 aliphatic carbocycles. The highest BCUT2D eigenvalue weighted by Crippen LogP contribution is 2.47. The fourth-order valence-corrected chi connectivity index (χ4v) is 16.2. The van der Waals surface area contributed by atoms with Crippen molar-refractivity contribution in [1.29, 1.82) is 0 Å². The average Bonchev–Trinajstić information content (AvgIpc) is 1.55. The second kappa shape index (κ2) is 23.7. The highest BCUT2D eigenvalue weighted by molar-refractivity contribution is 6.30. The molecule has 4 aromatic heterocycles. The Kier molecular flexibility index (Phi) is 13.5. The summed E-state index contributed by atoms with van der Waals surface area (Å²) in [6.45, 7) is 0. The van der Waals surface area contributed by atoms with Gasteiger partial charge in [-0.2, -0.15) is 0 Å². The molecule has 0 amide bonds. The molecule has 5 heteroatoms. The lowest BCUT2D eigenvalue weighted by atomic mass is 9.97. The van der Waals surface area contributed by atoms with E-state index in [-0.39, 0.29) is 0 Å². The van der Waals surface area contributed by atoms with Gasteiger partial charge in [-0.15, -0.1) is 0 Å². The van der Waals surface area contributed by atoms with Crippen molar-refractivity contribution in [2.24, 2.45) is 0 Å². The number of hydrogen-bond acceptors (Lipinski definition) is 1. The van der Waals surface area contributed by atoms with Crippen LogP contribution < -0.4 is 4.90 Å². The smallest absolute Gasteiger partial charge is 0.0548 e. The standard InChI is InChI=1S/C96H63N5/c1-6-24-64(25-7-1)67-44-47-77(48-45-67)99-85-41-19-16-38-81(85)93-89(99)54-55-90-94(93)82-39-17-20-42-86(82)100(90)78-51-49-76(50-52-78)97(74-33-12-4-13-34-74)79-37-23-32-70(60-79)68-30-22-31-69(58-68)71-46-53-88-84(63-71)96-92(98(88)75-35-14-5-15-36-75)57-56-91-95(96)83-40-18-21-43-87(83)101(91)80-61-72(65-26-8-2-9-27-65)59-73(62-80)66-28-10-3-11-29-66/h1-63H. The Labute approximate surface area is 584 Å². The van der Waals surface area contributed by atoms with Crippen molar-refractivity contribution < 1.29 is 0 Å². The van der Waals surface area contributed by atoms with E-state index in [4.69, 9.17) is 0 Å². The average molecular weight is 1290 g/mol. The number of para-hydroxylation sites is 5. The molecule has 0 unspecified atom stereocenters. The summed E-state index contributed by atoms with van der Waals surface area (Å²) in [6, 6.07) is 140. The number of hydrogen-bond donors (Lipinski definition) is 0. The number of benzene rings is 16. The first-order valence-corrected chi connectivity index (χ1v) is 34.7. The first kappa shape index (κ1) is 57.7. The van der Waals surface area contributed by atoms with Gasteiger partial charge >= 0.3 is 0 Å². The normalized spacial score (nSPS) is 11.8. The number of anilines is 3. The molecule has 0 N–H and O–H groups in total. The summed E-state index contributed by atoms with van der Waals surface area (Å²) in [5, 5.41) is 9.86. The van der Waals surface area contributed by atoms with Crippen molar-refractivity contribution in [2.75, 3.05) is 4.90 Å². The Morgan fingerprint density at radius 1 is 0.149 bits per heavy atom. The molecule has 472 valence electrons. The van der Waals surface area contributed by atoms with Gasteiger partial charge in [0.15, 0.2) is 0 Å². The second-order valence-corrected chi connectivity index (χ2v) is 26.4. The van der Waals surface area contributed by atoms with Crippen molar-refractivity contribution in [3.63, 3.8) is 0 Å². The molecule has 0 atom stereocenters. The van der Waals surface area contributed by atoms with E-state index in [1.807, 2.05) is 0 Å². The summed E-state index contributed by atoms with van der Waals surface area (Å²) in [4.78, 5) is 2.38. The van der Waals surface area contributed by atoms with Crippen LogP contribution in [0.25, 0.3) is 166 Å². The van der Waals surface area contributed by atoms with Crippen LogP contribution in [0.3, 0.4) is 0 Å². The number of aromatic nitrogens is 4. The lowest BCUT2D eigenvalue weighted by molar-refractivity contribution is 1.17. The predicted molar refractivity (Wildman–Crippen MR) is 426 cm³/mol. The molecule has 20 rings (SSSR count). The first-order valence-electron chi connectivity index (χ1n) is 34.7. The van der Waals surface area contributed by atoms with Crippen LogP contribution in [0.2, 0.25) is 0 Å². The van der Waals surface area contributed by atoms with Crippen molar-refractivity contribution in [2.45, 2.75) is 0 Å². The summed E-state index contributed by atoms with van der Waals surface area (Å²) < 4.78 is 9.82. The Bertz CT molecular complexity index is 6520. The molecule has 20 aromatic rings. The van der Waals surface area contributed by atoms with E-state index in [0.717, 1.165) is 78.6 Å². The third kappa shape index (κ3) is 9.54. The molecule has 0 spiro atoms. The zero-order chi connectivity index (χ0) is 66.5. The van der Waals surface area contributed by atoms with Crippen molar-refractivity contribution >= 4 is 104 Å². The van der Waals surface area contributed by atoms with Crippen molar-refractivity contribution in [3.05, 3.63) is 382 Å². The summed E-state index contributed by atoms with van der Waals surface area (Å²) >= 11 is 0. The minimum atomic E-state index is 1.06. The molecular formula is C96H63N5. The van der Waals surface area contributed by atoms with Crippen LogP contribution in [-0.4, -0.2) is 18.3 Å². The van der Waals surface area contributed by atoms with Crippen LogP contribution in [0.5, 0.6) is 0 Å². The molecule has 5 nitrogen and oxygen atoms in total. The number of rotatable bonds is 12. The fraction of sp³-hybridized carbons (Fsp3) is 0. The maximum absolute atomic E-state index is 2.49. The van der Waals surface area contributed by atoms with E-state index in [1.165, 1.54) is 104 Å². The molecule has 0 aliphatic heterocycles. The lowest BCUT2D eigenvalue weighted by Gasteiger charge is -2.26. The Morgan fingerprint density at radius 2 is 0.446 bits per heavy atom. The zero-order valence-corrected chi connectivity index (χ0v) is 55.1. The topological polar surface area (TPSA) is 23.0 Å². The van der Waals surface area contributed by atoms with Gasteiger partial charge < -0.3 is 23.2 Å². The lowest BCUT2D eigenvalue weighted by Crippen LogP contribution is -2.10. The van der Waals surface area contributed by atoms with Gasteiger partial charge in [0.25, 0.3) is 0 Å². The third-order valence-corrected chi connectivity index (χ3v) is 20.7. The number of fused-ring (bicyclic) bond motifs is 14. The van der Waals surface area contributed by atoms with E-state index in [9.17, 15) is 0 Å². The molecule has 0 saturated heterocycles. The van der Waals surface area contributed by atoms with Gasteiger partial charge in [0, 0.05) is 82.9 Å². The van der Waals surface area contributed by atoms with Crippen LogP contribution in [-0.2, 0) is 0 Å². The molecule has 16 aromatic carbocycles.